The second-order valence-corrected chi connectivity index (χ2v) is 4.43. The molecule has 2 rings (SSSR count). The van der Waals surface area contributed by atoms with Crippen molar-refractivity contribution in [2.24, 2.45) is 5.10 Å². The highest BCUT2D eigenvalue weighted by Gasteiger charge is 2.02. The van der Waals surface area contributed by atoms with E-state index in [1.165, 1.54) is 6.21 Å². The largest absolute Gasteiger partial charge is 0.484 e. The van der Waals surface area contributed by atoms with E-state index >= 15 is 0 Å². The van der Waals surface area contributed by atoms with Gasteiger partial charge in [0.15, 0.2) is 6.61 Å². The molecule has 0 heterocycles. The third-order valence-corrected chi connectivity index (χ3v) is 2.74. The predicted molar refractivity (Wildman–Crippen MR) is 88.4 cm³/mol. The number of carbonyl (C=O) groups excluding carboxylic acids is 1. The molecule has 0 spiro atoms. The van der Waals surface area contributed by atoms with Crippen molar-refractivity contribution in [3.05, 3.63) is 60.2 Å². The molecule has 0 saturated heterocycles. The minimum absolute atomic E-state index is 0.114. The van der Waals surface area contributed by atoms with Crippen LogP contribution in [0.3, 0.4) is 0 Å². The lowest BCUT2D eigenvalue weighted by molar-refractivity contribution is -0.123. The van der Waals surface area contributed by atoms with E-state index in [0.717, 1.165) is 0 Å². The molecule has 2 aromatic carbocycles. The Morgan fingerprint density at radius 2 is 1.87 bits per heavy atom. The smallest absolute Gasteiger partial charge is 0.277 e. The average Bonchev–Trinajstić information content (AvgIpc) is 2.60. The van der Waals surface area contributed by atoms with Crippen molar-refractivity contribution in [1.82, 2.24) is 5.43 Å². The minimum Gasteiger partial charge on any atom is -0.484 e. The molecular weight excluding hydrogens is 292 g/mol. The van der Waals surface area contributed by atoms with Crippen LogP contribution in [0, 0.1) is 12.3 Å². The number of rotatable bonds is 7. The van der Waals surface area contributed by atoms with Crippen LogP contribution in [0.15, 0.2) is 59.7 Å². The Morgan fingerprint density at radius 1 is 1.13 bits per heavy atom. The van der Waals surface area contributed by atoms with E-state index in [9.17, 15) is 4.79 Å². The van der Waals surface area contributed by atoms with Crippen LogP contribution in [0.5, 0.6) is 11.5 Å². The van der Waals surface area contributed by atoms with Crippen molar-refractivity contribution in [2.45, 2.75) is 0 Å². The van der Waals surface area contributed by atoms with Gasteiger partial charge in [-0.3, -0.25) is 4.79 Å². The zero-order chi connectivity index (χ0) is 16.3. The molecule has 0 aliphatic rings. The number of terminal acetylenes is 1. The van der Waals surface area contributed by atoms with Gasteiger partial charge in [-0.25, -0.2) is 5.43 Å². The number of amides is 1. The Morgan fingerprint density at radius 3 is 2.65 bits per heavy atom. The Hall–Kier alpha value is -3.26. The van der Waals surface area contributed by atoms with E-state index in [2.05, 4.69) is 16.4 Å². The normalized spacial score (nSPS) is 10.0. The molecule has 2 aromatic rings. The van der Waals surface area contributed by atoms with Crippen LogP contribution in [0.2, 0.25) is 0 Å². The fourth-order valence-corrected chi connectivity index (χ4v) is 1.71. The molecule has 0 atom stereocenters. The van der Waals surface area contributed by atoms with Gasteiger partial charge in [0.2, 0.25) is 0 Å². The van der Waals surface area contributed by atoms with Gasteiger partial charge in [-0.15, -0.1) is 6.42 Å². The first-order valence-corrected chi connectivity index (χ1v) is 6.94. The third-order valence-electron chi connectivity index (χ3n) is 2.74. The van der Waals surface area contributed by atoms with Crippen molar-refractivity contribution in [1.29, 1.82) is 0 Å². The van der Waals surface area contributed by atoms with Crippen molar-refractivity contribution >= 4 is 12.1 Å². The lowest BCUT2D eigenvalue weighted by atomic mass is 10.2. The monoisotopic (exact) mass is 308 g/mol. The van der Waals surface area contributed by atoms with Crippen molar-refractivity contribution < 1.29 is 14.3 Å². The van der Waals surface area contributed by atoms with Crippen LogP contribution in [0.1, 0.15) is 5.56 Å². The van der Waals surface area contributed by atoms with Gasteiger partial charge in [-0.1, -0.05) is 36.3 Å². The molecular formula is C18H16N2O3. The van der Waals surface area contributed by atoms with Crippen LogP contribution in [0.25, 0.3) is 0 Å². The molecule has 116 valence electrons. The Bertz CT molecular complexity index is 706. The van der Waals surface area contributed by atoms with Crippen LogP contribution in [-0.4, -0.2) is 25.3 Å². The van der Waals surface area contributed by atoms with Gasteiger partial charge in [0.1, 0.15) is 18.1 Å². The first-order valence-electron chi connectivity index (χ1n) is 6.94. The van der Waals surface area contributed by atoms with E-state index in [4.69, 9.17) is 15.9 Å². The molecule has 23 heavy (non-hydrogen) atoms. The topological polar surface area (TPSA) is 59.9 Å². The molecule has 1 amide bonds. The van der Waals surface area contributed by atoms with Gasteiger partial charge in [0.05, 0.1) is 6.21 Å². The lowest BCUT2D eigenvalue weighted by Crippen LogP contribution is -2.24. The van der Waals surface area contributed by atoms with Crippen molar-refractivity contribution in [2.75, 3.05) is 13.2 Å². The second-order valence-electron chi connectivity index (χ2n) is 4.43. The molecule has 0 aliphatic heterocycles. The van der Waals surface area contributed by atoms with Crippen molar-refractivity contribution in [3.8, 4) is 23.8 Å². The summed E-state index contributed by atoms with van der Waals surface area (Å²) < 4.78 is 10.7. The Balaban J connectivity index is 1.84. The molecule has 5 nitrogen and oxygen atoms in total. The highest BCUT2D eigenvalue weighted by Crippen LogP contribution is 2.15. The molecule has 1 N–H and O–H groups in total. The lowest BCUT2D eigenvalue weighted by Gasteiger charge is -2.06. The standard InChI is InChI=1S/C18H16N2O3/c1-2-12-22-17-11-7-6-8-15(17)13-19-20-18(21)14-23-16-9-4-3-5-10-16/h1,3-11,13H,12,14H2,(H,20,21)/b19-13+. The van der Waals surface area contributed by atoms with Crippen molar-refractivity contribution in [3.63, 3.8) is 0 Å². The second kappa shape index (κ2) is 8.90. The predicted octanol–water partition coefficient (Wildman–Crippen LogP) is 2.23. The summed E-state index contributed by atoms with van der Waals surface area (Å²) in [5.74, 6) is 3.27. The van der Waals surface area contributed by atoms with Crippen LogP contribution in [0.4, 0.5) is 0 Å². The highest BCUT2D eigenvalue weighted by molar-refractivity contribution is 5.85. The number of ether oxygens (including phenoxy) is 2. The average molecular weight is 308 g/mol. The van der Waals surface area contributed by atoms with Gasteiger partial charge >= 0.3 is 0 Å². The van der Waals surface area contributed by atoms with E-state index in [1.807, 2.05) is 36.4 Å². The number of hydrogen-bond donors (Lipinski definition) is 1. The summed E-state index contributed by atoms with van der Waals surface area (Å²) in [5.41, 5.74) is 3.11. The SMILES string of the molecule is C#CCOc1ccccc1/C=N/NC(=O)COc1ccccc1. The van der Waals surface area contributed by atoms with E-state index in [1.54, 1.807) is 18.2 Å². The summed E-state index contributed by atoms with van der Waals surface area (Å²) in [6.45, 7) is 0.0543. The Kier molecular flexibility index (Phi) is 6.24. The summed E-state index contributed by atoms with van der Waals surface area (Å²) in [5, 5.41) is 3.89. The van der Waals surface area contributed by atoms with E-state index in [-0.39, 0.29) is 19.1 Å². The highest BCUT2D eigenvalue weighted by atomic mass is 16.5. The fraction of sp³-hybridized carbons (Fsp3) is 0.111. The molecule has 0 saturated carbocycles. The molecule has 5 heteroatoms. The molecule has 0 fully saturated rings. The maximum atomic E-state index is 11.7. The van der Waals surface area contributed by atoms with Crippen LogP contribution >= 0.6 is 0 Å². The fourth-order valence-electron chi connectivity index (χ4n) is 1.71. The minimum atomic E-state index is -0.355. The molecule has 0 unspecified atom stereocenters. The summed E-state index contributed by atoms with van der Waals surface area (Å²) in [4.78, 5) is 11.7. The first kappa shape index (κ1) is 16.1. The quantitative estimate of drug-likeness (QED) is 0.485. The Labute approximate surface area is 134 Å². The maximum absolute atomic E-state index is 11.7. The molecule has 0 aliphatic carbocycles. The van der Waals surface area contributed by atoms with E-state index < -0.39 is 0 Å². The van der Waals surface area contributed by atoms with Gasteiger partial charge in [0.25, 0.3) is 5.91 Å². The molecule has 0 bridgehead atoms. The summed E-state index contributed by atoms with van der Waals surface area (Å²) in [7, 11) is 0. The number of nitrogens with zero attached hydrogens (tertiary/aromatic N) is 1. The number of nitrogens with one attached hydrogen (secondary N) is 1. The summed E-state index contributed by atoms with van der Waals surface area (Å²) in [6.07, 6.45) is 6.66. The molecule has 0 aromatic heterocycles. The van der Waals surface area contributed by atoms with Gasteiger partial charge in [-0.2, -0.15) is 5.10 Å². The van der Waals surface area contributed by atoms with Crippen LogP contribution < -0.4 is 14.9 Å². The number of hydrogen-bond acceptors (Lipinski definition) is 4. The maximum Gasteiger partial charge on any atom is 0.277 e. The number of benzene rings is 2. The van der Waals surface area contributed by atoms with Gasteiger partial charge in [0, 0.05) is 5.56 Å². The van der Waals surface area contributed by atoms with E-state index in [0.29, 0.717) is 17.1 Å². The summed E-state index contributed by atoms with van der Waals surface area (Å²) >= 11 is 0. The summed E-state index contributed by atoms with van der Waals surface area (Å²) in [6, 6.07) is 16.3. The van der Waals surface area contributed by atoms with Crippen LogP contribution in [-0.2, 0) is 4.79 Å². The van der Waals surface area contributed by atoms with Gasteiger partial charge < -0.3 is 9.47 Å². The first-order chi connectivity index (χ1) is 11.3. The number of carbonyl (C=O) groups is 1. The third kappa shape index (κ3) is 5.56. The number of para-hydroxylation sites is 2. The zero-order valence-electron chi connectivity index (χ0n) is 12.4. The zero-order valence-corrected chi connectivity index (χ0v) is 12.4. The molecule has 0 radical (unpaired) electrons. The number of hydrazone groups is 1. The van der Waals surface area contributed by atoms with Gasteiger partial charge in [-0.05, 0) is 24.3 Å².